The molecule has 1 rings (SSSR count). The Labute approximate surface area is 151 Å². The fourth-order valence-corrected chi connectivity index (χ4v) is 1.94. The van der Waals surface area contributed by atoms with Gasteiger partial charge in [-0.1, -0.05) is 76.6 Å². The zero-order valence-corrected chi connectivity index (χ0v) is 15.4. The van der Waals surface area contributed by atoms with Crippen molar-refractivity contribution in [1.29, 1.82) is 0 Å². The van der Waals surface area contributed by atoms with E-state index >= 15 is 0 Å². The molecule has 0 aliphatic heterocycles. The minimum Gasteiger partial charge on any atom is -0.462 e. The van der Waals surface area contributed by atoms with Gasteiger partial charge in [-0.25, -0.2) is 9.59 Å². The monoisotopic (exact) mass is 346 g/mol. The van der Waals surface area contributed by atoms with Crippen LogP contribution in [0.4, 0.5) is 0 Å². The maximum absolute atomic E-state index is 10.8. The standard InChI is InChI=1S/C11H20O2.C10H10O2/c1-4-7-8-10(5-2)9-13-11(12)6-3;1-2-10(11)12-8-9-6-4-3-5-7-9/h6,10H,3-5,7-9H2,1-2H3;2-7H,1,8H2. The Hall–Kier alpha value is -2.36. The first kappa shape index (κ1) is 22.6. The second-order valence-corrected chi connectivity index (χ2v) is 5.55. The molecule has 4 heteroatoms. The number of rotatable bonds is 10. The number of carbonyl (C=O) groups is 2. The summed E-state index contributed by atoms with van der Waals surface area (Å²) in [5.41, 5.74) is 0.979. The van der Waals surface area contributed by atoms with E-state index in [1.165, 1.54) is 18.9 Å². The van der Waals surface area contributed by atoms with Crippen LogP contribution in [0.25, 0.3) is 0 Å². The van der Waals surface area contributed by atoms with E-state index in [4.69, 9.17) is 9.47 Å². The summed E-state index contributed by atoms with van der Waals surface area (Å²) >= 11 is 0. The van der Waals surface area contributed by atoms with Gasteiger partial charge in [-0.05, 0) is 17.9 Å². The summed E-state index contributed by atoms with van der Waals surface area (Å²) in [5, 5.41) is 0. The molecule has 0 aliphatic carbocycles. The lowest BCUT2D eigenvalue weighted by molar-refractivity contribution is -0.140. The van der Waals surface area contributed by atoms with Crippen LogP contribution in [0.1, 0.15) is 45.1 Å². The Bertz CT molecular complexity index is 508. The zero-order chi connectivity index (χ0) is 18.9. The molecule has 0 amide bonds. The molecule has 4 nitrogen and oxygen atoms in total. The molecule has 1 atom stereocenters. The van der Waals surface area contributed by atoms with Gasteiger partial charge in [0.15, 0.2) is 0 Å². The van der Waals surface area contributed by atoms with Crippen molar-refractivity contribution in [3.8, 4) is 0 Å². The second-order valence-electron chi connectivity index (χ2n) is 5.55. The topological polar surface area (TPSA) is 52.6 Å². The van der Waals surface area contributed by atoms with E-state index < -0.39 is 0 Å². The molecule has 1 unspecified atom stereocenters. The summed E-state index contributed by atoms with van der Waals surface area (Å²) in [6, 6.07) is 9.51. The maximum atomic E-state index is 10.8. The van der Waals surface area contributed by atoms with E-state index in [0.717, 1.165) is 24.5 Å². The van der Waals surface area contributed by atoms with Gasteiger partial charge in [0.25, 0.3) is 0 Å². The number of ether oxygens (including phenoxy) is 2. The highest BCUT2D eigenvalue weighted by atomic mass is 16.5. The van der Waals surface area contributed by atoms with Crippen molar-refractivity contribution in [2.45, 2.75) is 46.1 Å². The molecule has 0 radical (unpaired) electrons. The summed E-state index contributed by atoms with van der Waals surface area (Å²) < 4.78 is 9.80. The van der Waals surface area contributed by atoms with Gasteiger partial charge >= 0.3 is 11.9 Å². The number of carbonyl (C=O) groups excluding carboxylic acids is 2. The lowest BCUT2D eigenvalue weighted by Crippen LogP contribution is -2.12. The maximum Gasteiger partial charge on any atom is 0.330 e. The normalized spacial score (nSPS) is 10.6. The van der Waals surface area contributed by atoms with Gasteiger partial charge in [-0.15, -0.1) is 0 Å². The van der Waals surface area contributed by atoms with Crippen LogP contribution in [-0.4, -0.2) is 18.5 Å². The quantitative estimate of drug-likeness (QED) is 0.449. The number of hydrogen-bond donors (Lipinski definition) is 0. The van der Waals surface area contributed by atoms with Gasteiger partial charge in [-0.2, -0.15) is 0 Å². The van der Waals surface area contributed by atoms with Gasteiger partial charge in [0.05, 0.1) is 6.61 Å². The molecule has 1 aromatic carbocycles. The number of benzene rings is 1. The molecule has 0 N–H and O–H groups in total. The predicted molar refractivity (Wildman–Crippen MR) is 101 cm³/mol. The summed E-state index contributed by atoms with van der Waals surface area (Å²) in [5.74, 6) is -0.183. The van der Waals surface area contributed by atoms with E-state index in [0.29, 0.717) is 19.1 Å². The lowest BCUT2D eigenvalue weighted by atomic mass is 10.0. The number of esters is 2. The molecule has 0 saturated carbocycles. The second kappa shape index (κ2) is 15.2. The minimum absolute atomic E-state index is 0.310. The minimum atomic E-state index is -0.390. The van der Waals surface area contributed by atoms with Crippen LogP contribution in [0, 0.1) is 5.92 Å². The Morgan fingerprint density at radius 3 is 2.16 bits per heavy atom. The van der Waals surface area contributed by atoms with Crippen molar-refractivity contribution in [2.75, 3.05) is 6.61 Å². The molecule has 0 spiro atoms. The van der Waals surface area contributed by atoms with E-state index in [1.807, 2.05) is 30.3 Å². The summed E-state index contributed by atoms with van der Waals surface area (Å²) in [6.45, 7) is 11.8. The third-order valence-electron chi connectivity index (χ3n) is 3.56. The Morgan fingerprint density at radius 1 is 1.04 bits per heavy atom. The summed E-state index contributed by atoms with van der Waals surface area (Å²) in [4.78, 5) is 21.4. The van der Waals surface area contributed by atoms with E-state index in [2.05, 4.69) is 27.0 Å². The van der Waals surface area contributed by atoms with Crippen LogP contribution in [0.3, 0.4) is 0 Å². The highest BCUT2D eigenvalue weighted by Gasteiger charge is 2.07. The average Bonchev–Trinajstić information content (AvgIpc) is 2.67. The summed E-state index contributed by atoms with van der Waals surface area (Å²) in [6.07, 6.45) is 7.01. The molecule has 25 heavy (non-hydrogen) atoms. The van der Waals surface area contributed by atoms with Gasteiger partial charge < -0.3 is 9.47 Å². The third-order valence-corrected chi connectivity index (χ3v) is 3.56. The smallest absolute Gasteiger partial charge is 0.330 e. The first-order valence-corrected chi connectivity index (χ1v) is 8.69. The van der Waals surface area contributed by atoms with Gasteiger partial charge in [0, 0.05) is 12.2 Å². The van der Waals surface area contributed by atoms with E-state index in [1.54, 1.807) is 0 Å². The molecule has 0 saturated heterocycles. The van der Waals surface area contributed by atoms with Gasteiger partial charge in [0.1, 0.15) is 6.61 Å². The third kappa shape index (κ3) is 12.7. The van der Waals surface area contributed by atoms with Crippen LogP contribution < -0.4 is 0 Å². The molecular formula is C21H30O4. The van der Waals surface area contributed by atoms with Crippen molar-refractivity contribution in [3.63, 3.8) is 0 Å². The van der Waals surface area contributed by atoms with Crippen LogP contribution in [-0.2, 0) is 25.7 Å². The Balaban J connectivity index is 0.000000462. The first-order valence-electron chi connectivity index (χ1n) is 8.69. The molecule has 138 valence electrons. The fraction of sp³-hybridized carbons (Fsp3) is 0.429. The van der Waals surface area contributed by atoms with Crippen LogP contribution in [0.15, 0.2) is 55.6 Å². The number of unbranched alkanes of at least 4 members (excludes halogenated alkanes) is 1. The molecular weight excluding hydrogens is 316 g/mol. The van der Waals surface area contributed by atoms with Crippen molar-refractivity contribution >= 4 is 11.9 Å². The van der Waals surface area contributed by atoms with Crippen molar-refractivity contribution in [3.05, 3.63) is 61.2 Å². The molecule has 0 aliphatic rings. The van der Waals surface area contributed by atoms with Crippen molar-refractivity contribution < 1.29 is 19.1 Å². The predicted octanol–water partition coefficient (Wildman–Crippen LogP) is 4.85. The number of hydrogen-bond acceptors (Lipinski definition) is 4. The largest absolute Gasteiger partial charge is 0.462 e. The molecule has 0 bridgehead atoms. The summed E-state index contributed by atoms with van der Waals surface area (Å²) in [7, 11) is 0. The van der Waals surface area contributed by atoms with E-state index in [9.17, 15) is 9.59 Å². The van der Waals surface area contributed by atoms with Crippen LogP contribution in [0.5, 0.6) is 0 Å². The first-order chi connectivity index (χ1) is 12.1. The molecule has 1 aromatic rings. The van der Waals surface area contributed by atoms with Gasteiger partial charge in [-0.3, -0.25) is 0 Å². The van der Waals surface area contributed by atoms with Crippen LogP contribution >= 0.6 is 0 Å². The highest BCUT2D eigenvalue weighted by molar-refractivity contribution is 5.81. The van der Waals surface area contributed by atoms with Crippen LogP contribution in [0.2, 0.25) is 0 Å². The van der Waals surface area contributed by atoms with E-state index in [-0.39, 0.29) is 11.9 Å². The molecule has 0 fully saturated rings. The fourth-order valence-electron chi connectivity index (χ4n) is 1.94. The Morgan fingerprint density at radius 2 is 1.64 bits per heavy atom. The highest BCUT2D eigenvalue weighted by Crippen LogP contribution is 2.12. The van der Waals surface area contributed by atoms with Crippen molar-refractivity contribution in [1.82, 2.24) is 0 Å². The Kier molecular flexibility index (Phi) is 13.8. The molecule has 0 aromatic heterocycles. The average molecular weight is 346 g/mol. The van der Waals surface area contributed by atoms with Crippen molar-refractivity contribution in [2.24, 2.45) is 5.92 Å². The molecule has 0 heterocycles. The SMILES string of the molecule is C=CC(=O)OCC(CC)CCCC.C=CC(=O)OCc1ccccc1. The lowest BCUT2D eigenvalue weighted by Gasteiger charge is -2.13. The zero-order valence-electron chi connectivity index (χ0n) is 15.4. The van der Waals surface area contributed by atoms with Gasteiger partial charge in [0.2, 0.25) is 0 Å².